The Morgan fingerprint density at radius 1 is 1.14 bits per heavy atom. The van der Waals surface area contributed by atoms with Gasteiger partial charge < -0.3 is 19.8 Å². The molecule has 1 amide bonds. The van der Waals surface area contributed by atoms with Crippen LogP contribution in [0.3, 0.4) is 0 Å². The van der Waals surface area contributed by atoms with Gasteiger partial charge in [-0.25, -0.2) is 4.98 Å². The molecule has 0 aliphatic carbocycles. The fourth-order valence-corrected chi connectivity index (χ4v) is 2.91. The molecular weight excluding hydrogens is 394 g/mol. The normalized spacial score (nSPS) is 10.5. The average Bonchev–Trinajstić information content (AvgIpc) is 2.70. The number of ether oxygens (including phenoxy) is 2. The second kappa shape index (κ2) is 8.79. The lowest BCUT2D eigenvalue weighted by molar-refractivity contribution is 0.102. The van der Waals surface area contributed by atoms with Crippen molar-refractivity contribution in [3.05, 3.63) is 80.5 Å². The second-order valence-corrected chi connectivity index (χ2v) is 6.77. The van der Waals surface area contributed by atoms with Crippen LogP contribution >= 0.6 is 11.6 Å². The molecule has 0 saturated heterocycles. The average molecular weight is 414 g/mol. The zero-order valence-corrected chi connectivity index (χ0v) is 17.0. The number of rotatable bonds is 6. The summed E-state index contributed by atoms with van der Waals surface area (Å²) >= 11 is 6.10. The van der Waals surface area contributed by atoms with Gasteiger partial charge in [-0.3, -0.25) is 9.59 Å². The Hall–Kier alpha value is -3.32. The van der Waals surface area contributed by atoms with Crippen LogP contribution in [-0.2, 0) is 6.42 Å². The molecule has 3 rings (SSSR count). The summed E-state index contributed by atoms with van der Waals surface area (Å²) in [6, 6.07) is 11.8. The van der Waals surface area contributed by atoms with Crippen LogP contribution in [0.1, 0.15) is 27.4 Å². The second-order valence-electron chi connectivity index (χ2n) is 6.36. The fourth-order valence-electron chi connectivity index (χ4n) is 2.76. The van der Waals surface area contributed by atoms with E-state index in [0.717, 1.165) is 22.9 Å². The minimum atomic E-state index is -0.521. The van der Waals surface area contributed by atoms with Gasteiger partial charge in [0.05, 0.1) is 19.9 Å². The Balaban J connectivity index is 1.84. The van der Waals surface area contributed by atoms with E-state index in [-0.39, 0.29) is 5.69 Å². The topological polar surface area (TPSA) is 93.3 Å². The first-order valence-electron chi connectivity index (χ1n) is 8.78. The number of benzene rings is 2. The Kier molecular flexibility index (Phi) is 6.19. The molecular formula is C21H20ClN3O4. The Labute approximate surface area is 172 Å². The first-order chi connectivity index (χ1) is 13.9. The third kappa shape index (κ3) is 4.94. The maximum absolute atomic E-state index is 12.7. The molecule has 7 nitrogen and oxygen atoms in total. The number of aromatic nitrogens is 2. The summed E-state index contributed by atoms with van der Waals surface area (Å²) in [4.78, 5) is 31.7. The van der Waals surface area contributed by atoms with E-state index in [9.17, 15) is 9.59 Å². The van der Waals surface area contributed by atoms with Gasteiger partial charge in [0, 0.05) is 23.6 Å². The van der Waals surface area contributed by atoms with Crippen LogP contribution in [0.2, 0.25) is 5.02 Å². The Bertz CT molecular complexity index is 1090. The molecule has 2 N–H and O–H groups in total. The molecule has 150 valence electrons. The van der Waals surface area contributed by atoms with Gasteiger partial charge >= 0.3 is 0 Å². The number of halogens is 1. The highest BCUT2D eigenvalue weighted by atomic mass is 35.5. The van der Waals surface area contributed by atoms with Gasteiger partial charge in [0.25, 0.3) is 11.5 Å². The Morgan fingerprint density at radius 2 is 1.86 bits per heavy atom. The van der Waals surface area contributed by atoms with Crippen molar-refractivity contribution in [2.45, 2.75) is 13.3 Å². The maximum Gasteiger partial charge on any atom is 0.274 e. The molecule has 1 heterocycles. The van der Waals surface area contributed by atoms with E-state index >= 15 is 0 Å². The number of hydrogen-bond acceptors (Lipinski definition) is 5. The lowest BCUT2D eigenvalue weighted by atomic mass is 10.1. The van der Waals surface area contributed by atoms with Gasteiger partial charge in [0.15, 0.2) is 0 Å². The van der Waals surface area contributed by atoms with Crippen molar-refractivity contribution in [2.24, 2.45) is 0 Å². The number of amides is 1. The molecule has 0 saturated carbocycles. The summed E-state index contributed by atoms with van der Waals surface area (Å²) in [5.74, 6) is 1.01. The monoisotopic (exact) mass is 413 g/mol. The van der Waals surface area contributed by atoms with Crippen LogP contribution in [-0.4, -0.2) is 30.1 Å². The fraction of sp³-hybridized carbons (Fsp3) is 0.190. The highest BCUT2D eigenvalue weighted by Crippen LogP contribution is 2.31. The van der Waals surface area contributed by atoms with Crippen LogP contribution in [0.5, 0.6) is 11.5 Å². The number of nitrogens with zero attached hydrogens (tertiary/aromatic N) is 1. The molecule has 2 aromatic carbocycles. The predicted molar refractivity (Wildman–Crippen MR) is 111 cm³/mol. The number of anilines is 1. The van der Waals surface area contributed by atoms with Crippen LogP contribution in [0, 0.1) is 6.92 Å². The summed E-state index contributed by atoms with van der Waals surface area (Å²) < 4.78 is 10.4. The molecule has 0 fully saturated rings. The van der Waals surface area contributed by atoms with Gasteiger partial charge in [-0.2, -0.15) is 0 Å². The molecule has 0 unspecified atom stereocenters. The van der Waals surface area contributed by atoms with E-state index in [1.54, 1.807) is 19.2 Å². The quantitative estimate of drug-likeness (QED) is 0.644. The van der Waals surface area contributed by atoms with Gasteiger partial charge in [0.2, 0.25) is 0 Å². The molecule has 0 spiro atoms. The van der Waals surface area contributed by atoms with Gasteiger partial charge in [-0.05, 0) is 36.2 Å². The van der Waals surface area contributed by atoms with Crippen molar-refractivity contribution in [3.63, 3.8) is 0 Å². The molecule has 0 aliphatic rings. The molecule has 1 aromatic heterocycles. The third-order valence-corrected chi connectivity index (χ3v) is 4.69. The number of aromatic amines is 1. The smallest absolute Gasteiger partial charge is 0.274 e. The van der Waals surface area contributed by atoms with E-state index in [2.05, 4.69) is 15.3 Å². The first kappa shape index (κ1) is 20.4. The van der Waals surface area contributed by atoms with Crippen molar-refractivity contribution in [2.75, 3.05) is 19.5 Å². The van der Waals surface area contributed by atoms with Gasteiger partial charge in [-0.1, -0.05) is 23.7 Å². The first-order valence-corrected chi connectivity index (χ1v) is 9.16. The van der Waals surface area contributed by atoms with Crippen molar-refractivity contribution in [1.82, 2.24) is 9.97 Å². The minimum absolute atomic E-state index is 0.00641. The summed E-state index contributed by atoms with van der Waals surface area (Å²) in [5, 5.41) is 3.25. The van der Waals surface area contributed by atoms with E-state index in [1.165, 1.54) is 7.11 Å². The number of H-pyrrole nitrogens is 1. The SMILES string of the molecule is COc1ccc(Cc2nc(C(=O)Nc3cc(C)c(Cl)cc3OC)cc(=O)[nH]2)cc1. The lowest BCUT2D eigenvalue weighted by Gasteiger charge is -2.12. The van der Waals surface area contributed by atoms with Crippen molar-refractivity contribution < 1.29 is 14.3 Å². The lowest BCUT2D eigenvalue weighted by Crippen LogP contribution is -2.21. The van der Waals surface area contributed by atoms with E-state index in [4.69, 9.17) is 21.1 Å². The summed E-state index contributed by atoms with van der Waals surface area (Å²) in [6.45, 7) is 1.82. The molecule has 29 heavy (non-hydrogen) atoms. The molecule has 0 radical (unpaired) electrons. The van der Waals surface area contributed by atoms with Crippen molar-refractivity contribution in [1.29, 1.82) is 0 Å². The molecule has 0 atom stereocenters. The van der Waals surface area contributed by atoms with Crippen LogP contribution < -0.4 is 20.3 Å². The van der Waals surface area contributed by atoms with E-state index in [0.29, 0.717) is 28.7 Å². The van der Waals surface area contributed by atoms with Crippen LogP contribution in [0.15, 0.2) is 47.3 Å². The number of carbonyl (C=O) groups is 1. The maximum atomic E-state index is 12.7. The largest absolute Gasteiger partial charge is 0.497 e. The number of carbonyl (C=O) groups excluding carboxylic acids is 1. The molecule has 0 aliphatic heterocycles. The van der Waals surface area contributed by atoms with E-state index < -0.39 is 11.5 Å². The third-order valence-electron chi connectivity index (χ3n) is 4.28. The van der Waals surface area contributed by atoms with Crippen LogP contribution in [0.25, 0.3) is 0 Å². The highest BCUT2D eigenvalue weighted by molar-refractivity contribution is 6.31. The zero-order chi connectivity index (χ0) is 21.0. The van der Waals surface area contributed by atoms with E-state index in [1.807, 2.05) is 31.2 Å². The van der Waals surface area contributed by atoms with Gasteiger partial charge in [0.1, 0.15) is 23.0 Å². The van der Waals surface area contributed by atoms with Crippen molar-refractivity contribution in [3.8, 4) is 11.5 Å². The number of methoxy groups -OCH3 is 2. The molecule has 3 aromatic rings. The molecule has 8 heteroatoms. The number of aryl methyl sites for hydroxylation is 1. The number of hydrogen-bond donors (Lipinski definition) is 2. The zero-order valence-electron chi connectivity index (χ0n) is 16.2. The highest BCUT2D eigenvalue weighted by Gasteiger charge is 2.15. The number of nitrogens with one attached hydrogen (secondary N) is 2. The predicted octanol–water partition coefficient (Wildman–Crippen LogP) is 3.59. The summed E-state index contributed by atoms with van der Waals surface area (Å²) in [7, 11) is 3.07. The van der Waals surface area contributed by atoms with Crippen LogP contribution in [0.4, 0.5) is 5.69 Å². The van der Waals surface area contributed by atoms with Gasteiger partial charge in [-0.15, -0.1) is 0 Å². The Morgan fingerprint density at radius 3 is 2.52 bits per heavy atom. The standard InChI is InChI=1S/C21H20ClN3O4/c1-12-8-16(18(29-3)10-15(12)22)24-21(27)17-11-20(26)25-19(23-17)9-13-4-6-14(28-2)7-5-13/h4-8,10-11H,9H2,1-3H3,(H,24,27)(H,23,25,26). The van der Waals surface area contributed by atoms with Crippen molar-refractivity contribution >= 4 is 23.2 Å². The summed E-state index contributed by atoms with van der Waals surface area (Å²) in [5.41, 5.74) is 1.74. The summed E-state index contributed by atoms with van der Waals surface area (Å²) in [6.07, 6.45) is 0.365. The molecule has 0 bridgehead atoms. The minimum Gasteiger partial charge on any atom is -0.497 e.